The van der Waals surface area contributed by atoms with Crippen molar-refractivity contribution < 1.29 is 14.3 Å². The highest BCUT2D eigenvalue weighted by Crippen LogP contribution is 2.52. The fourth-order valence-corrected chi connectivity index (χ4v) is 6.24. The SMILES string of the molecule is C=CC(=O)N1CC2(CC(C(=O)N3CCC(n4cc(-c5cc(OC)c6c(C#N)cnn6c5)cn4)CC3)C2)C1. The molecule has 0 bridgehead atoms. The lowest BCUT2D eigenvalue weighted by molar-refractivity contribution is -0.162. The lowest BCUT2D eigenvalue weighted by Gasteiger charge is -2.59. The largest absolute Gasteiger partial charge is 0.494 e. The number of amides is 2. The van der Waals surface area contributed by atoms with Crippen molar-refractivity contribution in [3.05, 3.63) is 49.1 Å². The number of fused-ring (bicyclic) bond motifs is 1. The predicted molar refractivity (Wildman–Crippen MR) is 134 cm³/mol. The minimum atomic E-state index is -0.0153. The molecule has 3 aliphatic rings. The standard InChI is InChI=1S/C27H29N7O3/c1-3-24(35)32-16-27(17-32)9-19(10-27)26(36)31-6-4-22(5-7-31)33-15-21(13-29-33)18-8-23(37-2)25-20(11-28)12-30-34(25)14-18/h3,8,12-15,19,22H,1,4-7,9-10,16-17H2,2H3. The highest BCUT2D eigenvalue weighted by Gasteiger charge is 2.55. The fraction of sp³-hybridized carbons (Fsp3) is 0.444. The zero-order chi connectivity index (χ0) is 25.7. The van der Waals surface area contributed by atoms with E-state index in [2.05, 4.69) is 22.8 Å². The highest BCUT2D eigenvalue weighted by atomic mass is 16.5. The van der Waals surface area contributed by atoms with Gasteiger partial charge in [-0.05, 0) is 37.8 Å². The number of carbonyl (C=O) groups excluding carboxylic acids is 2. The third kappa shape index (κ3) is 3.86. The van der Waals surface area contributed by atoms with E-state index in [9.17, 15) is 14.9 Å². The Bertz CT molecular complexity index is 1430. The molecule has 0 radical (unpaired) electrons. The Morgan fingerprint density at radius 3 is 2.57 bits per heavy atom. The number of piperidine rings is 1. The number of nitrogens with zero attached hydrogens (tertiary/aromatic N) is 7. The van der Waals surface area contributed by atoms with Crippen molar-refractivity contribution >= 4 is 17.3 Å². The van der Waals surface area contributed by atoms with Crippen LogP contribution in [0.5, 0.6) is 5.75 Å². The van der Waals surface area contributed by atoms with E-state index in [1.807, 2.05) is 39.1 Å². The molecule has 6 rings (SSSR count). The molecule has 0 N–H and O–H groups in total. The number of pyridine rings is 1. The van der Waals surface area contributed by atoms with Crippen molar-refractivity contribution in [2.75, 3.05) is 33.3 Å². The van der Waals surface area contributed by atoms with Crippen LogP contribution in [-0.2, 0) is 9.59 Å². The summed E-state index contributed by atoms with van der Waals surface area (Å²) in [5.41, 5.74) is 3.11. The van der Waals surface area contributed by atoms with Gasteiger partial charge in [-0.2, -0.15) is 15.5 Å². The molecule has 1 saturated carbocycles. The lowest BCUT2D eigenvalue weighted by Crippen LogP contribution is -2.65. The minimum absolute atomic E-state index is 0.0153. The number of nitriles is 1. The van der Waals surface area contributed by atoms with E-state index in [-0.39, 0.29) is 29.2 Å². The normalized spacial score (nSPS) is 19.4. The number of methoxy groups -OCH3 is 1. The Labute approximate surface area is 214 Å². The molecule has 10 heteroatoms. The Hall–Kier alpha value is -4.13. The Kier molecular flexibility index (Phi) is 5.51. The third-order valence-electron chi connectivity index (χ3n) is 8.25. The van der Waals surface area contributed by atoms with E-state index in [4.69, 9.17) is 4.74 Å². The summed E-state index contributed by atoms with van der Waals surface area (Å²) in [4.78, 5) is 28.6. The summed E-state index contributed by atoms with van der Waals surface area (Å²) >= 11 is 0. The van der Waals surface area contributed by atoms with Gasteiger partial charge in [-0.15, -0.1) is 0 Å². The maximum Gasteiger partial charge on any atom is 0.245 e. The topological polar surface area (TPSA) is 109 Å². The average molecular weight is 500 g/mol. The summed E-state index contributed by atoms with van der Waals surface area (Å²) in [7, 11) is 1.58. The molecule has 190 valence electrons. The zero-order valence-electron chi connectivity index (χ0n) is 20.8. The van der Waals surface area contributed by atoms with Gasteiger partial charge in [-0.1, -0.05) is 6.58 Å². The van der Waals surface area contributed by atoms with Gasteiger partial charge in [0.2, 0.25) is 11.8 Å². The average Bonchev–Trinajstić information content (AvgIpc) is 3.53. The number of hydrogen-bond acceptors (Lipinski definition) is 6. The van der Waals surface area contributed by atoms with Gasteiger partial charge in [0.05, 0.1) is 25.5 Å². The first-order valence-corrected chi connectivity index (χ1v) is 12.6. The quantitative estimate of drug-likeness (QED) is 0.500. The van der Waals surface area contributed by atoms with E-state index in [0.29, 0.717) is 16.8 Å². The summed E-state index contributed by atoms with van der Waals surface area (Å²) < 4.78 is 9.19. The summed E-state index contributed by atoms with van der Waals surface area (Å²) in [6.07, 6.45) is 12.1. The maximum absolute atomic E-state index is 13.1. The van der Waals surface area contributed by atoms with Crippen molar-refractivity contribution in [3.8, 4) is 22.9 Å². The molecule has 2 amide bonds. The first kappa shape index (κ1) is 23.3. The van der Waals surface area contributed by atoms with Crippen molar-refractivity contribution in [3.63, 3.8) is 0 Å². The molecule has 3 aromatic heterocycles. The second-order valence-electron chi connectivity index (χ2n) is 10.5. The highest BCUT2D eigenvalue weighted by molar-refractivity contribution is 5.88. The van der Waals surface area contributed by atoms with Crippen molar-refractivity contribution in [2.24, 2.45) is 11.3 Å². The molecule has 0 aromatic carbocycles. The van der Waals surface area contributed by atoms with Gasteiger partial charge in [0.1, 0.15) is 22.9 Å². The Morgan fingerprint density at radius 2 is 1.89 bits per heavy atom. The first-order valence-electron chi connectivity index (χ1n) is 12.6. The van der Waals surface area contributed by atoms with Crippen LogP contribution in [0.4, 0.5) is 0 Å². The summed E-state index contributed by atoms with van der Waals surface area (Å²) in [5, 5.41) is 18.3. The fourth-order valence-electron chi connectivity index (χ4n) is 6.24. The predicted octanol–water partition coefficient (Wildman–Crippen LogP) is 2.67. The first-order chi connectivity index (χ1) is 17.9. The molecule has 0 unspecified atom stereocenters. The number of carbonyl (C=O) groups is 2. The van der Waals surface area contributed by atoms with Crippen LogP contribution < -0.4 is 4.74 Å². The molecule has 5 heterocycles. The number of rotatable bonds is 5. The van der Waals surface area contributed by atoms with Gasteiger partial charge in [0.25, 0.3) is 0 Å². The van der Waals surface area contributed by atoms with E-state index in [1.54, 1.807) is 11.6 Å². The van der Waals surface area contributed by atoms with Gasteiger partial charge in [0.15, 0.2) is 0 Å². The number of likely N-dealkylation sites (tertiary alicyclic amines) is 2. The molecular formula is C27H29N7O3. The molecular weight excluding hydrogens is 470 g/mol. The summed E-state index contributed by atoms with van der Waals surface area (Å²) in [6.45, 7) is 6.52. The monoisotopic (exact) mass is 499 g/mol. The number of hydrogen-bond donors (Lipinski definition) is 0. The second kappa shape index (κ2) is 8.76. The van der Waals surface area contributed by atoms with Gasteiger partial charge >= 0.3 is 0 Å². The Balaban J connectivity index is 1.06. The van der Waals surface area contributed by atoms with Crippen molar-refractivity contribution in [2.45, 2.75) is 31.7 Å². The smallest absolute Gasteiger partial charge is 0.245 e. The van der Waals surface area contributed by atoms with Crippen LogP contribution in [-0.4, -0.2) is 74.3 Å². The molecule has 3 fully saturated rings. The summed E-state index contributed by atoms with van der Waals surface area (Å²) in [6, 6.07) is 4.29. The van der Waals surface area contributed by atoms with Crippen LogP contribution in [0.2, 0.25) is 0 Å². The van der Waals surface area contributed by atoms with Crippen LogP contribution in [0.3, 0.4) is 0 Å². The molecule has 10 nitrogen and oxygen atoms in total. The van der Waals surface area contributed by atoms with Crippen molar-refractivity contribution in [1.82, 2.24) is 29.2 Å². The van der Waals surface area contributed by atoms with E-state index in [1.165, 1.54) is 12.3 Å². The third-order valence-corrected chi connectivity index (χ3v) is 8.25. The van der Waals surface area contributed by atoms with E-state index < -0.39 is 0 Å². The summed E-state index contributed by atoms with van der Waals surface area (Å²) in [5.74, 6) is 0.918. The molecule has 1 spiro atoms. The van der Waals surface area contributed by atoms with Gasteiger partial charge in [-0.25, -0.2) is 4.52 Å². The minimum Gasteiger partial charge on any atom is -0.494 e. The van der Waals surface area contributed by atoms with E-state index >= 15 is 0 Å². The number of ether oxygens (including phenoxy) is 1. The van der Waals surface area contributed by atoms with Crippen LogP contribution >= 0.6 is 0 Å². The molecule has 37 heavy (non-hydrogen) atoms. The van der Waals surface area contributed by atoms with Crippen LogP contribution in [0.25, 0.3) is 16.6 Å². The molecule has 0 atom stereocenters. The molecule has 2 aliphatic heterocycles. The zero-order valence-corrected chi connectivity index (χ0v) is 20.8. The lowest BCUT2D eigenvalue weighted by atomic mass is 9.57. The van der Waals surface area contributed by atoms with Crippen LogP contribution in [0.1, 0.15) is 37.3 Å². The van der Waals surface area contributed by atoms with Crippen molar-refractivity contribution in [1.29, 1.82) is 5.26 Å². The maximum atomic E-state index is 13.1. The molecule has 1 aliphatic carbocycles. The van der Waals surface area contributed by atoms with Gasteiger partial charge in [-0.3, -0.25) is 14.3 Å². The van der Waals surface area contributed by atoms with Crippen LogP contribution in [0.15, 0.2) is 43.5 Å². The van der Waals surface area contributed by atoms with Gasteiger partial charge in [0, 0.05) is 61.0 Å². The Morgan fingerprint density at radius 1 is 1.14 bits per heavy atom. The van der Waals surface area contributed by atoms with E-state index in [0.717, 1.165) is 63.0 Å². The number of aromatic nitrogens is 4. The van der Waals surface area contributed by atoms with Crippen LogP contribution in [0, 0.1) is 22.7 Å². The molecule has 3 aromatic rings. The molecule has 2 saturated heterocycles. The van der Waals surface area contributed by atoms with Gasteiger partial charge < -0.3 is 14.5 Å². The second-order valence-corrected chi connectivity index (χ2v) is 10.5.